The molecule has 4 aromatic rings. The second kappa shape index (κ2) is 7.76. The van der Waals surface area contributed by atoms with Gasteiger partial charge in [0.1, 0.15) is 11.5 Å². The molecule has 2 aromatic heterocycles. The minimum Gasteiger partial charge on any atom is -0.354 e. The summed E-state index contributed by atoms with van der Waals surface area (Å²) in [6, 6.07) is 12.8. The van der Waals surface area contributed by atoms with Gasteiger partial charge in [0.05, 0.1) is 23.5 Å². The lowest BCUT2D eigenvalue weighted by Gasteiger charge is -2.22. The predicted octanol–water partition coefficient (Wildman–Crippen LogP) is 4.57. The summed E-state index contributed by atoms with van der Waals surface area (Å²) in [6.07, 6.45) is 6.25. The number of aromatic nitrogens is 4. The van der Waals surface area contributed by atoms with Crippen molar-refractivity contribution in [3.8, 4) is 11.1 Å². The molecule has 3 N–H and O–H groups in total. The van der Waals surface area contributed by atoms with E-state index in [2.05, 4.69) is 55.5 Å². The van der Waals surface area contributed by atoms with Crippen LogP contribution in [0.4, 0.5) is 10.1 Å². The van der Waals surface area contributed by atoms with E-state index < -0.39 is 0 Å². The maximum Gasteiger partial charge on any atom is 0.123 e. The van der Waals surface area contributed by atoms with Crippen molar-refractivity contribution in [2.75, 3.05) is 18.4 Å². The van der Waals surface area contributed by atoms with E-state index in [0.29, 0.717) is 11.7 Å². The summed E-state index contributed by atoms with van der Waals surface area (Å²) < 4.78 is 15.2. The van der Waals surface area contributed by atoms with E-state index in [4.69, 9.17) is 0 Å². The first kappa shape index (κ1) is 18.6. The number of anilines is 1. The van der Waals surface area contributed by atoms with E-state index in [0.717, 1.165) is 59.3 Å². The number of hydrogen-bond donors (Lipinski definition) is 3. The van der Waals surface area contributed by atoms with Crippen LogP contribution in [0.25, 0.3) is 27.7 Å². The highest BCUT2D eigenvalue weighted by Gasteiger charge is 2.17. The van der Waals surface area contributed by atoms with Crippen molar-refractivity contribution in [1.29, 1.82) is 0 Å². The minimum atomic E-state index is -0.272. The van der Waals surface area contributed by atoms with Crippen LogP contribution in [-0.2, 0) is 0 Å². The highest BCUT2D eigenvalue weighted by atomic mass is 19.1. The number of H-pyrrole nitrogens is 1. The quantitative estimate of drug-likeness (QED) is 0.457. The zero-order valence-corrected chi connectivity index (χ0v) is 16.5. The molecule has 1 fully saturated rings. The van der Waals surface area contributed by atoms with Crippen molar-refractivity contribution in [2.45, 2.75) is 18.9 Å². The SMILES string of the molecule is C=C(Nc1ccc(F)cc1)c1n[nH]c2ccc(-c3cnn(C4CCNCC4)c3)cc12. The fraction of sp³-hybridized carbons (Fsp3) is 0.217. The summed E-state index contributed by atoms with van der Waals surface area (Å²) in [7, 11) is 0. The number of nitrogens with zero attached hydrogens (tertiary/aromatic N) is 3. The number of piperidine rings is 1. The maximum atomic E-state index is 13.2. The molecule has 0 saturated carbocycles. The van der Waals surface area contributed by atoms with Gasteiger partial charge in [-0.05, 0) is 67.9 Å². The average molecular weight is 402 g/mol. The van der Waals surface area contributed by atoms with Crippen LogP contribution in [0.2, 0.25) is 0 Å². The van der Waals surface area contributed by atoms with Crippen molar-refractivity contribution in [3.63, 3.8) is 0 Å². The number of hydrogen-bond acceptors (Lipinski definition) is 4. The molecule has 0 bridgehead atoms. The molecule has 1 aliphatic rings. The van der Waals surface area contributed by atoms with Crippen LogP contribution in [0, 0.1) is 5.82 Å². The first-order valence-electron chi connectivity index (χ1n) is 10.1. The summed E-state index contributed by atoms with van der Waals surface area (Å²) >= 11 is 0. The van der Waals surface area contributed by atoms with Gasteiger partial charge < -0.3 is 10.6 Å². The normalized spacial score (nSPS) is 14.8. The Balaban J connectivity index is 1.42. The third kappa shape index (κ3) is 3.59. The topological polar surface area (TPSA) is 70.6 Å². The first-order chi connectivity index (χ1) is 14.7. The highest BCUT2D eigenvalue weighted by molar-refractivity contribution is 5.94. The van der Waals surface area contributed by atoms with Crippen LogP contribution < -0.4 is 10.6 Å². The van der Waals surface area contributed by atoms with Crippen LogP contribution in [-0.4, -0.2) is 33.1 Å². The van der Waals surface area contributed by atoms with Gasteiger partial charge in [0.25, 0.3) is 0 Å². The Hall–Kier alpha value is -3.45. The molecule has 0 aliphatic carbocycles. The Labute approximate surface area is 173 Å². The zero-order chi connectivity index (χ0) is 20.5. The Kier molecular flexibility index (Phi) is 4.80. The molecule has 6 nitrogen and oxygen atoms in total. The lowest BCUT2D eigenvalue weighted by atomic mass is 10.0. The molecule has 0 radical (unpaired) electrons. The van der Waals surface area contributed by atoms with Gasteiger partial charge in [-0.1, -0.05) is 12.6 Å². The molecule has 152 valence electrons. The van der Waals surface area contributed by atoms with Gasteiger partial charge in [0, 0.05) is 22.8 Å². The van der Waals surface area contributed by atoms with Crippen molar-refractivity contribution >= 4 is 22.3 Å². The van der Waals surface area contributed by atoms with E-state index in [-0.39, 0.29) is 5.82 Å². The van der Waals surface area contributed by atoms with Crippen molar-refractivity contribution < 1.29 is 4.39 Å². The minimum absolute atomic E-state index is 0.272. The largest absolute Gasteiger partial charge is 0.354 e. The highest BCUT2D eigenvalue weighted by Crippen LogP contribution is 2.29. The lowest BCUT2D eigenvalue weighted by molar-refractivity contribution is 0.343. The standard InChI is InChI=1S/C23H23FN6/c1-15(27-19-5-3-18(24)4-6-19)23-21-12-16(2-7-22(21)28-29-23)17-13-26-30(14-17)20-8-10-25-11-9-20/h2-7,12-14,20,25,27H,1,8-11H2,(H,28,29). The fourth-order valence-electron chi connectivity index (χ4n) is 3.95. The van der Waals surface area contributed by atoms with Crippen LogP contribution in [0.1, 0.15) is 24.6 Å². The van der Waals surface area contributed by atoms with Gasteiger partial charge in [-0.25, -0.2) is 4.39 Å². The molecule has 0 unspecified atom stereocenters. The van der Waals surface area contributed by atoms with Gasteiger partial charge in [-0.15, -0.1) is 0 Å². The van der Waals surface area contributed by atoms with Crippen LogP contribution >= 0.6 is 0 Å². The van der Waals surface area contributed by atoms with Crippen molar-refractivity contribution in [1.82, 2.24) is 25.3 Å². The first-order valence-corrected chi connectivity index (χ1v) is 10.1. The lowest BCUT2D eigenvalue weighted by Crippen LogP contribution is -2.29. The number of nitrogens with one attached hydrogen (secondary N) is 3. The molecule has 1 saturated heterocycles. The summed E-state index contributed by atoms with van der Waals surface area (Å²) in [5.74, 6) is -0.272. The van der Waals surface area contributed by atoms with E-state index in [9.17, 15) is 4.39 Å². The number of fused-ring (bicyclic) bond motifs is 1. The summed E-state index contributed by atoms with van der Waals surface area (Å²) in [5, 5.41) is 19.7. The fourth-order valence-corrected chi connectivity index (χ4v) is 3.95. The molecule has 1 aliphatic heterocycles. The van der Waals surface area contributed by atoms with Crippen molar-refractivity contribution in [2.24, 2.45) is 0 Å². The van der Waals surface area contributed by atoms with Crippen LogP contribution in [0.3, 0.4) is 0 Å². The van der Waals surface area contributed by atoms with Crippen LogP contribution in [0.5, 0.6) is 0 Å². The molecule has 0 amide bonds. The summed E-state index contributed by atoms with van der Waals surface area (Å²) in [5.41, 5.74) is 5.25. The molecule has 30 heavy (non-hydrogen) atoms. The van der Waals surface area contributed by atoms with Gasteiger partial charge in [-0.2, -0.15) is 10.2 Å². The Morgan fingerprint density at radius 2 is 1.90 bits per heavy atom. The van der Waals surface area contributed by atoms with E-state index in [1.807, 2.05) is 12.3 Å². The predicted molar refractivity (Wildman–Crippen MR) is 118 cm³/mol. The van der Waals surface area contributed by atoms with E-state index in [1.165, 1.54) is 12.1 Å². The zero-order valence-electron chi connectivity index (χ0n) is 16.5. The van der Waals surface area contributed by atoms with Crippen molar-refractivity contribution in [3.05, 3.63) is 72.9 Å². The average Bonchev–Trinajstić information content (AvgIpc) is 3.43. The Morgan fingerprint density at radius 1 is 1.10 bits per heavy atom. The molecule has 0 atom stereocenters. The summed E-state index contributed by atoms with van der Waals surface area (Å²) in [4.78, 5) is 0. The Morgan fingerprint density at radius 3 is 2.70 bits per heavy atom. The smallest absolute Gasteiger partial charge is 0.123 e. The van der Waals surface area contributed by atoms with Gasteiger partial charge in [0.2, 0.25) is 0 Å². The summed E-state index contributed by atoms with van der Waals surface area (Å²) in [6.45, 7) is 6.19. The van der Waals surface area contributed by atoms with Gasteiger partial charge >= 0.3 is 0 Å². The third-order valence-electron chi connectivity index (χ3n) is 5.61. The second-order valence-electron chi connectivity index (χ2n) is 7.63. The number of halogens is 1. The van der Waals surface area contributed by atoms with E-state index in [1.54, 1.807) is 12.1 Å². The number of rotatable bonds is 5. The Bertz CT molecular complexity index is 1180. The third-order valence-corrected chi connectivity index (χ3v) is 5.61. The maximum absolute atomic E-state index is 13.2. The molecule has 0 spiro atoms. The molecule has 7 heteroatoms. The van der Waals surface area contributed by atoms with Crippen LogP contribution in [0.15, 0.2) is 61.4 Å². The molecule has 3 heterocycles. The van der Waals surface area contributed by atoms with E-state index >= 15 is 0 Å². The van der Waals surface area contributed by atoms with Gasteiger partial charge in [-0.3, -0.25) is 9.78 Å². The monoisotopic (exact) mass is 402 g/mol. The molecule has 5 rings (SSSR count). The van der Waals surface area contributed by atoms with Gasteiger partial charge in [0.15, 0.2) is 0 Å². The molecule has 2 aromatic carbocycles. The number of aromatic amines is 1. The molecular formula is C23H23FN6. The number of benzene rings is 2. The molecular weight excluding hydrogens is 379 g/mol. The second-order valence-corrected chi connectivity index (χ2v) is 7.63.